The lowest BCUT2D eigenvalue weighted by Crippen LogP contribution is -2.32. The maximum atomic E-state index is 13.2. The van der Waals surface area contributed by atoms with Crippen LogP contribution in [0.4, 0.5) is 5.69 Å². The number of carbonyl (C=O) groups excluding carboxylic acids is 1. The minimum Gasteiger partial charge on any atom is -0.496 e. The monoisotopic (exact) mass is 473 g/mol. The number of hydrogen-bond donors (Lipinski definition) is 1. The number of hydrogen-bond acceptors (Lipinski definition) is 5. The van der Waals surface area contributed by atoms with Crippen LogP contribution in [-0.4, -0.2) is 51.9 Å². The molecule has 0 aliphatic carbocycles. The van der Waals surface area contributed by atoms with Gasteiger partial charge < -0.3 is 15.0 Å². The fraction of sp³-hybridized carbons (Fsp3) is 0.480. The van der Waals surface area contributed by atoms with Crippen molar-refractivity contribution in [3.8, 4) is 5.75 Å². The summed E-state index contributed by atoms with van der Waals surface area (Å²) in [6, 6.07) is 12.6. The Morgan fingerprint density at radius 1 is 1.00 bits per heavy atom. The van der Waals surface area contributed by atoms with Gasteiger partial charge in [0.1, 0.15) is 5.75 Å². The van der Waals surface area contributed by atoms with Gasteiger partial charge in [-0.15, -0.1) is 0 Å². The molecule has 180 valence electrons. The number of amides is 1. The Kier molecular flexibility index (Phi) is 8.74. The molecule has 2 aromatic carbocycles. The van der Waals surface area contributed by atoms with Gasteiger partial charge in [0.05, 0.1) is 17.6 Å². The zero-order chi connectivity index (χ0) is 23.8. The van der Waals surface area contributed by atoms with E-state index in [2.05, 4.69) is 24.1 Å². The number of benzene rings is 2. The second-order valence-corrected chi connectivity index (χ2v) is 10.1. The van der Waals surface area contributed by atoms with Gasteiger partial charge in [-0.1, -0.05) is 25.0 Å². The molecule has 1 N–H and O–H groups in total. The normalized spacial score (nSPS) is 15.0. The third-order valence-electron chi connectivity index (χ3n) is 6.14. The standard InChI is InChI=1S/C25H35N3O4S/c1-4-27(5-2)21-12-10-20(11-13-21)19-26-25(29)23-18-22(14-15-24(23)32-3)33(30,31)28-16-8-6-7-9-17-28/h10-15,18H,4-9,16-17,19H2,1-3H3,(H,26,29). The highest BCUT2D eigenvalue weighted by molar-refractivity contribution is 7.89. The van der Waals surface area contributed by atoms with E-state index in [9.17, 15) is 13.2 Å². The predicted octanol–water partition coefficient (Wildman–Crippen LogP) is 4.04. The number of carbonyl (C=O) groups is 1. The summed E-state index contributed by atoms with van der Waals surface area (Å²) < 4.78 is 33.2. The van der Waals surface area contributed by atoms with Crippen molar-refractivity contribution in [3.63, 3.8) is 0 Å². The van der Waals surface area contributed by atoms with Gasteiger partial charge in [-0.2, -0.15) is 4.31 Å². The Balaban J connectivity index is 1.75. The maximum absolute atomic E-state index is 13.2. The topological polar surface area (TPSA) is 79.0 Å². The van der Waals surface area contributed by atoms with Gasteiger partial charge in [-0.25, -0.2) is 8.42 Å². The van der Waals surface area contributed by atoms with E-state index in [0.717, 1.165) is 50.0 Å². The summed E-state index contributed by atoms with van der Waals surface area (Å²) in [5.74, 6) is -0.0215. The van der Waals surface area contributed by atoms with Crippen molar-refractivity contribution in [1.82, 2.24) is 9.62 Å². The average Bonchev–Trinajstić information content (AvgIpc) is 3.14. The summed E-state index contributed by atoms with van der Waals surface area (Å²) in [4.78, 5) is 15.3. The molecule has 0 radical (unpaired) electrons. The second-order valence-electron chi connectivity index (χ2n) is 8.20. The Hall–Kier alpha value is -2.58. The van der Waals surface area contributed by atoms with Crippen molar-refractivity contribution in [1.29, 1.82) is 0 Å². The first kappa shape index (κ1) is 25.1. The first-order valence-corrected chi connectivity index (χ1v) is 13.1. The van der Waals surface area contributed by atoms with Crippen molar-refractivity contribution in [2.75, 3.05) is 38.2 Å². The number of anilines is 1. The van der Waals surface area contributed by atoms with Crippen LogP contribution in [0.5, 0.6) is 5.75 Å². The number of nitrogens with zero attached hydrogens (tertiary/aromatic N) is 2. The van der Waals surface area contributed by atoms with Gasteiger partial charge in [0, 0.05) is 38.4 Å². The lowest BCUT2D eigenvalue weighted by atomic mass is 10.1. The summed E-state index contributed by atoms with van der Waals surface area (Å²) >= 11 is 0. The minimum atomic E-state index is -3.66. The molecule has 1 aliphatic heterocycles. The number of nitrogens with one attached hydrogen (secondary N) is 1. The molecule has 3 rings (SSSR count). The molecule has 0 spiro atoms. The average molecular weight is 474 g/mol. The number of rotatable bonds is 9. The second kappa shape index (κ2) is 11.5. The maximum Gasteiger partial charge on any atom is 0.255 e. The smallest absolute Gasteiger partial charge is 0.255 e. The van der Waals surface area contributed by atoms with Gasteiger partial charge in [-0.3, -0.25) is 4.79 Å². The van der Waals surface area contributed by atoms with E-state index in [0.29, 0.717) is 25.4 Å². The molecule has 0 saturated carbocycles. The first-order chi connectivity index (χ1) is 15.9. The van der Waals surface area contributed by atoms with Gasteiger partial charge in [0.15, 0.2) is 0 Å². The third-order valence-corrected chi connectivity index (χ3v) is 8.03. The van der Waals surface area contributed by atoms with Crippen molar-refractivity contribution in [2.45, 2.75) is 51.0 Å². The Bertz CT molecular complexity index is 1030. The van der Waals surface area contributed by atoms with Crippen LogP contribution < -0.4 is 15.0 Å². The van der Waals surface area contributed by atoms with Crippen LogP contribution in [0, 0.1) is 0 Å². The van der Waals surface area contributed by atoms with Crippen molar-refractivity contribution in [3.05, 3.63) is 53.6 Å². The highest BCUT2D eigenvalue weighted by Gasteiger charge is 2.27. The van der Waals surface area contributed by atoms with Crippen LogP contribution in [0.3, 0.4) is 0 Å². The number of methoxy groups -OCH3 is 1. The van der Waals surface area contributed by atoms with Crippen LogP contribution in [-0.2, 0) is 16.6 Å². The van der Waals surface area contributed by atoms with E-state index in [4.69, 9.17) is 4.74 Å². The molecule has 2 aromatic rings. The van der Waals surface area contributed by atoms with Gasteiger partial charge in [-0.05, 0) is 62.6 Å². The number of sulfonamides is 1. The van der Waals surface area contributed by atoms with Crippen LogP contribution in [0.15, 0.2) is 47.4 Å². The van der Waals surface area contributed by atoms with Crippen molar-refractivity contribution < 1.29 is 17.9 Å². The molecule has 0 atom stereocenters. The zero-order valence-electron chi connectivity index (χ0n) is 19.8. The number of ether oxygens (including phenoxy) is 1. The SMILES string of the molecule is CCN(CC)c1ccc(CNC(=O)c2cc(S(=O)(=O)N3CCCCCC3)ccc2OC)cc1. The molecule has 0 unspecified atom stereocenters. The van der Waals surface area contributed by atoms with Crippen LogP contribution in [0.1, 0.15) is 55.5 Å². The largest absolute Gasteiger partial charge is 0.496 e. The molecule has 1 amide bonds. The van der Waals surface area contributed by atoms with E-state index >= 15 is 0 Å². The highest BCUT2D eigenvalue weighted by Crippen LogP contribution is 2.26. The molecule has 1 heterocycles. The van der Waals surface area contributed by atoms with E-state index in [1.54, 1.807) is 6.07 Å². The van der Waals surface area contributed by atoms with E-state index in [1.807, 2.05) is 24.3 Å². The quantitative estimate of drug-likeness (QED) is 0.595. The fourth-order valence-corrected chi connectivity index (χ4v) is 5.69. The Morgan fingerprint density at radius 2 is 1.64 bits per heavy atom. The third kappa shape index (κ3) is 6.06. The summed E-state index contributed by atoms with van der Waals surface area (Å²) in [6.45, 7) is 7.47. The fourth-order valence-electron chi connectivity index (χ4n) is 4.15. The molecule has 33 heavy (non-hydrogen) atoms. The van der Waals surface area contributed by atoms with Gasteiger partial charge in [0.2, 0.25) is 10.0 Å². The summed E-state index contributed by atoms with van der Waals surface area (Å²) in [6.07, 6.45) is 3.79. The molecule has 0 bridgehead atoms. The molecule has 1 saturated heterocycles. The lowest BCUT2D eigenvalue weighted by molar-refractivity contribution is 0.0947. The predicted molar refractivity (Wildman–Crippen MR) is 131 cm³/mol. The molecule has 7 nitrogen and oxygen atoms in total. The van der Waals surface area contributed by atoms with Gasteiger partial charge >= 0.3 is 0 Å². The molecule has 1 fully saturated rings. The highest BCUT2D eigenvalue weighted by atomic mass is 32.2. The molecular formula is C25H35N3O4S. The first-order valence-electron chi connectivity index (χ1n) is 11.7. The van der Waals surface area contributed by atoms with Crippen molar-refractivity contribution in [2.24, 2.45) is 0 Å². The lowest BCUT2D eigenvalue weighted by Gasteiger charge is -2.21. The van der Waals surface area contributed by atoms with E-state index < -0.39 is 10.0 Å². The zero-order valence-corrected chi connectivity index (χ0v) is 20.7. The van der Waals surface area contributed by atoms with Crippen LogP contribution in [0.25, 0.3) is 0 Å². The van der Waals surface area contributed by atoms with E-state index in [-0.39, 0.29) is 16.4 Å². The Morgan fingerprint density at radius 3 is 2.21 bits per heavy atom. The molecular weight excluding hydrogens is 438 g/mol. The molecule has 0 aromatic heterocycles. The molecule has 1 aliphatic rings. The van der Waals surface area contributed by atoms with Crippen LogP contribution in [0.2, 0.25) is 0 Å². The molecule has 8 heteroatoms. The van der Waals surface area contributed by atoms with E-state index in [1.165, 1.54) is 23.5 Å². The summed E-state index contributed by atoms with van der Waals surface area (Å²) in [7, 11) is -2.19. The summed E-state index contributed by atoms with van der Waals surface area (Å²) in [5.41, 5.74) is 2.32. The minimum absolute atomic E-state index is 0.124. The van der Waals surface area contributed by atoms with Crippen molar-refractivity contribution >= 4 is 21.6 Å². The van der Waals surface area contributed by atoms with Gasteiger partial charge in [0.25, 0.3) is 5.91 Å². The Labute approximate surface area is 197 Å². The van der Waals surface area contributed by atoms with Crippen LogP contribution >= 0.6 is 0 Å². The summed E-state index contributed by atoms with van der Waals surface area (Å²) in [5, 5.41) is 2.89.